The largest absolute Gasteiger partial charge is 0.331 e. The van der Waals surface area contributed by atoms with Gasteiger partial charge >= 0.3 is 6.03 Å². The van der Waals surface area contributed by atoms with Crippen LogP contribution in [-0.2, 0) is 16.1 Å². The molecule has 0 radical (unpaired) electrons. The monoisotopic (exact) mass is 314 g/mol. The molecule has 1 saturated heterocycles. The fraction of sp³-hybridized carbons (Fsp3) is 0.462. The van der Waals surface area contributed by atoms with E-state index in [9.17, 15) is 14.4 Å². The van der Waals surface area contributed by atoms with Gasteiger partial charge in [-0.3, -0.25) is 19.8 Å². The Balaban J connectivity index is 2.30. The van der Waals surface area contributed by atoms with Gasteiger partial charge in [-0.15, -0.1) is 11.3 Å². The minimum absolute atomic E-state index is 0.136. The van der Waals surface area contributed by atoms with Gasteiger partial charge in [0.2, 0.25) is 11.8 Å². The van der Waals surface area contributed by atoms with E-state index < -0.39 is 23.3 Å². The number of hydrogen-bond acceptors (Lipinski definition) is 4. The number of rotatable bonds is 4. The number of nitrogens with one attached hydrogen (secondary N) is 1. The van der Waals surface area contributed by atoms with Gasteiger partial charge in [0.25, 0.3) is 0 Å². The fourth-order valence-corrected chi connectivity index (χ4v) is 3.42. The number of carbonyl (C=O) groups excluding carboxylic acids is 3. The van der Waals surface area contributed by atoms with E-state index in [0.29, 0.717) is 17.2 Å². The number of hydrogen-bond donors (Lipinski definition) is 1. The van der Waals surface area contributed by atoms with Crippen LogP contribution in [0.1, 0.15) is 31.6 Å². The van der Waals surface area contributed by atoms with Crippen molar-refractivity contribution in [1.82, 2.24) is 10.2 Å². The Kier molecular flexibility index (Phi) is 4.15. The van der Waals surface area contributed by atoms with Gasteiger partial charge in [-0.2, -0.15) is 0 Å². The summed E-state index contributed by atoms with van der Waals surface area (Å²) in [4.78, 5) is 38.3. The molecule has 2 heterocycles. The lowest BCUT2D eigenvalue weighted by Gasteiger charge is -2.38. The second kappa shape index (κ2) is 5.54. The number of carbonyl (C=O) groups is 3. The second-order valence-electron chi connectivity index (χ2n) is 4.65. The van der Waals surface area contributed by atoms with Crippen LogP contribution in [0.2, 0.25) is 4.34 Å². The fourth-order valence-electron chi connectivity index (χ4n) is 2.34. The van der Waals surface area contributed by atoms with Crippen LogP contribution in [0.15, 0.2) is 12.1 Å². The maximum atomic E-state index is 12.6. The molecule has 0 saturated carbocycles. The SMILES string of the molecule is CCC1(CC)C(=O)NC(=O)N(Cc2ccc(Cl)s2)C1=O. The zero-order valence-electron chi connectivity index (χ0n) is 11.2. The van der Waals surface area contributed by atoms with Gasteiger partial charge in [0, 0.05) is 4.88 Å². The van der Waals surface area contributed by atoms with E-state index in [0.717, 1.165) is 9.78 Å². The number of thiophene rings is 1. The number of barbiturate groups is 1. The molecular formula is C13H15ClN2O3S. The summed E-state index contributed by atoms with van der Waals surface area (Å²) in [5.41, 5.74) is -1.14. The van der Waals surface area contributed by atoms with Crippen molar-refractivity contribution in [3.8, 4) is 0 Å². The highest BCUT2D eigenvalue weighted by molar-refractivity contribution is 7.16. The summed E-state index contributed by atoms with van der Waals surface area (Å²) in [5.74, 6) is -0.932. The van der Waals surface area contributed by atoms with Crippen molar-refractivity contribution < 1.29 is 14.4 Å². The Morgan fingerprint density at radius 3 is 2.40 bits per heavy atom. The quantitative estimate of drug-likeness (QED) is 0.869. The van der Waals surface area contributed by atoms with Gasteiger partial charge in [0.05, 0.1) is 10.9 Å². The molecule has 20 heavy (non-hydrogen) atoms. The van der Waals surface area contributed by atoms with Crippen LogP contribution in [0.4, 0.5) is 4.79 Å². The van der Waals surface area contributed by atoms with Gasteiger partial charge in [-0.1, -0.05) is 25.4 Å². The average molecular weight is 315 g/mol. The van der Waals surface area contributed by atoms with Crippen LogP contribution < -0.4 is 5.32 Å². The van der Waals surface area contributed by atoms with Gasteiger partial charge in [0.1, 0.15) is 5.41 Å². The smallest absolute Gasteiger partial charge is 0.277 e. The van der Waals surface area contributed by atoms with Gasteiger partial charge in [-0.25, -0.2) is 4.79 Å². The molecule has 108 valence electrons. The Hall–Kier alpha value is -1.40. The van der Waals surface area contributed by atoms with Crippen molar-refractivity contribution in [2.24, 2.45) is 5.41 Å². The molecule has 0 bridgehead atoms. The number of imide groups is 2. The molecule has 1 aliphatic heterocycles. The standard InChI is InChI=1S/C13H15ClN2O3S/c1-3-13(4-2)10(17)15-12(19)16(11(13)18)7-8-5-6-9(14)20-8/h5-6H,3-4,7H2,1-2H3,(H,15,17,19). The maximum Gasteiger partial charge on any atom is 0.331 e. The Morgan fingerprint density at radius 1 is 1.25 bits per heavy atom. The highest BCUT2D eigenvalue weighted by Crippen LogP contribution is 2.33. The first-order valence-corrected chi connectivity index (χ1v) is 7.55. The van der Waals surface area contributed by atoms with Crippen molar-refractivity contribution in [1.29, 1.82) is 0 Å². The lowest BCUT2D eigenvalue weighted by Crippen LogP contribution is -2.63. The predicted molar refractivity (Wildman–Crippen MR) is 76.4 cm³/mol. The number of amides is 4. The minimum atomic E-state index is -1.14. The molecular weight excluding hydrogens is 300 g/mol. The third-order valence-corrected chi connectivity index (χ3v) is 4.92. The van der Waals surface area contributed by atoms with Crippen molar-refractivity contribution in [3.05, 3.63) is 21.3 Å². The highest BCUT2D eigenvalue weighted by atomic mass is 35.5. The summed E-state index contributed by atoms with van der Waals surface area (Å²) >= 11 is 7.15. The zero-order chi connectivity index (χ0) is 14.9. The highest BCUT2D eigenvalue weighted by Gasteiger charge is 2.51. The van der Waals surface area contributed by atoms with E-state index in [-0.39, 0.29) is 6.54 Å². The molecule has 0 aromatic carbocycles. The first kappa shape index (κ1) is 15.0. The minimum Gasteiger partial charge on any atom is -0.277 e. The first-order valence-electron chi connectivity index (χ1n) is 6.36. The third kappa shape index (κ3) is 2.33. The molecule has 0 atom stereocenters. The molecule has 1 aromatic heterocycles. The normalized spacial score (nSPS) is 18.4. The van der Waals surface area contributed by atoms with Crippen molar-refractivity contribution in [2.75, 3.05) is 0 Å². The molecule has 1 N–H and O–H groups in total. The Morgan fingerprint density at radius 2 is 1.90 bits per heavy atom. The molecule has 0 spiro atoms. The second-order valence-corrected chi connectivity index (χ2v) is 6.45. The summed E-state index contributed by atoms with van der Waals surface area (Å²) in [5, 5.41) is 2.28. The van der Waals surface area contributed by atoms with Crippen LogP contribution in [0.25, 0.3) is 0 Å². The van der Waals surface area contributed by atoms with Gasteiger partial charge < -0.3 is 0 Å². The van der Waals surface area contributed by atoms with E-state index in [1.165, 1.54) is 11.3 Å². The van der Waals surface area contributed by atoms with Crippen LogP contribution in [0.5, 0.6) is 0 Å². The van der Waals surface area contributed by atoms with Crippen molar-refractivity contribution in [3.63, 3.8) is 0 Å². The molecule has 4 amide bonds. The zero-order valence-corrected chi connectivity index (χ0v) is 12.8. The lowest BCUT2D eigenvalue weighted by molar-refractivity contribution is -0.152. The molecule has 1 aromatic rings. The van der Waals surface area contributed by atoms with Crippen molar-refractivity contribution in [2.45, 2.75) is 33.2 Å². The van der Waals surface area contributed by atoms with E-state index >= 15 is 0 Å². The Labute approximate surface area is 125 Å². The topological polar surface area (TPSA) is 66.5 Å². The molecule has 7 heteroatoms. The lowest BCUT2D eigenvalue weighted by atomic mass is 9.78. The summed E-state index contributed by atoms with van der Waals surface area (Å²) in [6, 6.07) is 2.82. The average Bonchev–Trinajstić information content (AvgIpc) is 2.82. The molecule has 1 aliphatic rings. The van der Waals surface area contributed by atoms with Crippen LogP contribution in [-0.4, -0.2) is 22.7 Å². The van der Waals surface area contributed by atoms with Gasteiger partial charge in [0.15, 0.2) is 0 Å². The van der Waals surface area contributed by atoms with E-state index in [2.05, 4.69) is 5.32 Å². The molecule has 2 rings (SSSR count). The number of nitrogens with zero attached hydrogens (tertiary/aromatic N) is 1. The molecule has 5 nitrogen and oxygen atoms in total. The number of halogens is 1. The van der Waals surface area contributed by atoms with Crippen molar-refractivity contribution >= 4 is 40.8 Å². The van der Waals surface area contributed by atoms with Crippen LogP contribution >= 0.6 is 22.9 Å². The van der Waals surface area contributed by atoms with Crippen LogP contribution in [0, 0.1) is 5.41 Å². The summed E-state index contributed by atoms with van der Waals surface area (Å²) in [6.07, 6.45) is 0.728. The van der Waals surface area contributed by atoms with E-state index in [1.54, 1.807) is 26.0 Å². The third-order valence-electron chi connectivity index (χ3n) is 3.70. The Bertz CT molecular complexity index is 566. The molecule has 0 unspecified atom stereocenters. The summed E-state index contributed by atoms with van der Waals surface area (Å²) in [6.45, 7) is 3.69. The predicted octanol–water partition coefficient (Wildman–Crippen LogP) is 2.79. The van der Waals surface area contributed by atoms with Gasteiger partial charge in [-0.05, 0) is 25.0 Å². The summed E-state index contributed by atoms with van der Waals surface area (Å²) in [7, 11) is 0. The van der Waals surface area contributed by atoms with E-state index in [4.69, 9.17) is 11.6 Å². The first-order chi connectivity index (χ1) is 9.44. The number of urea groups is 1. The molecule has 1 fully saturated rings. The summed E-state index contributed by atoms with van der Waals surface area (Å²) < 4.78 is 0.596. The maximum absolute atomic E-state index is 12.6. The van der Waals surface area contributed by atoms with Crippen LogP contribution in [0.3, 0.4) is 0 Å². The van der Waals surface area contributed by atoms with E-state index in [1.807, 2.05) is 0 Å². The molecule has 0 aliphatic carbocycles.